The summed E-state index contributed by atoms with van der Waals surface area (Å²) < 4.78 is 5.05. The fraction of sp³-hybridized carbons (Fsp3) is 0.200. The molecule has 0 unspecified atom stereocenters. The highest BCUT2D eigenvalue weighted by molar-refractivity contribution is 6.30. The molecule has 1 N–H and O–H groups in total. The van der Waals surface area contributed by atoms with Crippen LogP contribution in [-0.4, -0.2) is 23.5 Å². The maximum atomic E-state index is 11.0. The van der Waals surface area contributed by atoms with Crippen LogP contribution in [0.1, 0.15) is 6.42 Å². The average Bonchev–Trinajstić information content (AvgIpc) is 2.16. The van der Waals surface area contributed by atoms with Gasteiger partial charge in [-0.3, -0.25) is 9.59 Å². The molecule has 0 saturated heterocycles. The average molecular weight is 229 g/mol. The molecule has 80 valence electrons. The summed E-state index contributed by atoms with van der Waals surface area (Å²) in [7, 11) is 0. The second kappa shape index (κ2) is 5.36. The van der Waals surface area contributed by atoms with Gasteiger partial charge in [-0.05, 0) is 24.3 Å². The molecule has 0 aliphatic heterocycles. The third-order valence-corrected chi connectivity index (χ3v) is 1.81. The lowest BCUT2D eigenvalue weighted by Crippen LogP contribution is -2.15. The van der Waals surface area contributed by atoms with Crippen molar-refractivity contribution in [2.45, 2.75) is 6.42 Å². The van der Waals surface area contributed by atoms with Crippen LogP contribution >= 0.6 is 11.6 Å². The van der Waals surface area contributed by atoms with Crippen molar-refractivity contribution in [3.05, 3.63) is 29.3 Å². The van der Waals surface area contributed by atoms with Crippen LogP contribution in [0.3, 0.4) is 0 Å². The van der Waals surface area contributed by atoms with Crippen LogP contribution in [0.5, 0.6) is 5.75 Å². The molecule has 0 aromatic heterocycles. The molecular weight excluding hydrogens is 220 g/mol. The molecule has 0 heterocycles. The molecule has 0 aliphatic carbocycles. The van der Waals surface area contributed by atoms with Crippen molar-refractivity contribution in [2.75, 3.05) is 6.61 Å². The molecule has 0 fully saturated rings. The van der Waals surface area contributed by atoms with E-state index in [9.17, 15) is 9.59 Å². The number of hydrogen-bond acceptors (Lipinski definition) is 3. The molecule has 0 spiro atoms. The number of carbonyl (C=O) groups excluding carboxylic acids is 1. The first-order valence-electron chi connectivity index (χ1n) is 4.20. The predicted molar refractivity (Wildman–Crippen MR) is 54.2 cm³/mol. The van der Waals surface area contributed by atoms with E-state index in [1.165, 1.54) is 0 Å². The highest BCUT2D eigenvalue weighted by atomic mass is 35.5. The first kappa shape index (κ1) is 11.5. The van der Waals surface area contributed by atoms with E-state index in [-0.39, 0.29) is 6.61 Å². The fourth-order valence-corrected chi connectivity index (χ4v) is 1.04. The summed E-state index contributed by atoms with van der Waals surface area (Å²) in [6, 6.07) is 6.46. The summed E-state index contributed by atoms with van der Waals surface area (Å²) in [6.07, 6.45) is -0.520. The number of Topliss-reactive ketones (excluding diaryl/α,β-unsaturated/α-hetero) is 1. The highest BCUT2D eigenvalue weighted by Crippen LogP contribution is 2.15. The standard InChI is InChI=1S/C10H9ClO4/c11-7-1-3-9(4-2-7)15-6-8(12)5-10(13)14/h1-4H,5-6H2,(H,13,14). The lowest BCUT2D eigenvalue weighted by molar-refractivity contribution is -0.140. The van der Waals surface area contributed by atoms with Gasteiger partial charge >= 0.3 is 5.97 Å². The quantitative estimate of drug-likeness (QED) is 0.780. The molecule has 0 atom stereocenters. The number of ether oxygens (including phenoxy) is 1. The van der Waals surface area contributed by atoms with Gasteiger partial charge in [0, 0.05) is 5.02 Å². The second-order valence-corrected chi connectivity index (χ2v) is 3.29. The van der Waals surface area contributed by atoms with E-state index in [1.807, 2.05) is 0 Å². The van der Waals surface area contributed by atoms with Crippen LogP contribution in [0.4, 0.5) is 0 Å². The van der Waals surface area contributed by atoms with Crippen molar-refractivity contribution in [1.29, 1.82) is 0 Å². The molecule has 1 aromatic rings. The van der Waals surface area contributed by atoms with Gasteiger partial charge < -0.3 is 9.84 Å². The molecule has 4 nitrogen and oxygen atoms in total. The monoisotopic (exact) mass is 228 g/mol. The number of benzene rings is 1. The molecule has 0 aliphatic rings. The van der Waals surface area contributed by atoms with Gasteiger partial charge in [0.15, 0.2) is 5.78 Å². The topological polar surface area (TPSA) is 63.6 Å². The molecular formula is C10H9ClO4. The summed E-state index contributed by atoms with van der Waals surface area (Å²) in [6.45, 7) is -0.242. The Kier molecular flexibility index (Phi) is 4.12. The first-order chi connectivity index (χ1) is 7.08. The van der Waals surface area contributed by atoms with Crippen molar-refractivity contribution >= 4 is 23.4 Å². The lowest BCUT2D eigenvalue weighted by Gasteiger charge is -2.03. The Hall–Kier alpha value is -1.55. The van der Waals surface area contributed by atoms with E-state index in [1.54, 1.807) is 24.3 Å². The molecule has 5 heteroatoms. The Balaban J connectivity index is 2.40. The summed E-state index contributed by atoms with van der Waals surface area (Å²) in [4.78, 5) is 21.1. The molecule has 1 aromatic carbocycles. The highest BCUT2D eigenvalue weighted by Gasteiger charge is 2.08. The molecule has 0 radical (unpaired) electrons. The van der Waals surface area contributed by atoms with Gasteiger partial charge in [-0.2, -0.15) is 0 Å². The fourth-order valence-electron chi connectivity index (χ4n) is 0.914. The Labute approximate surface area is 91.4 Å². The summed E-state index contributed by atoms with van der Waals surface area (Å²) in [5, 5.41) is 8.89. The zero-order chi connectivity index (χ0) is 11.3. The zero-order valence-corrected chi connectivity index (χ0v) is 8.53. The number of hydrogen-bond donors (Lipinski definition) is 1. The molecule has 1 rings (SSSR count). The van der Waals surface area contributed by atoms with E-state index >= 15 is 0 Å². The van der Waals surface area contributed by atoms with E-state index in [0.29, 0.717) is 10.8 Å². The van der Waals surface area contributed by atoms with Crippen molar-refractivity contribution in [1.82, 2.24) is 0 Å². The van der Waals surface area contributed by atoms with Gasteiger partial charge in [0.1, 0.15) is 18.8 Å². The zero-order valence-electron chi connectivity index (χ0n) is 7.77. The van der Waals surface area contributed by atoms with Gasteiger partial charge in [-0.15, -0.1) is 0 Å². The first-order valence-corrected chi connectivity index (χ1v) is 4.57. The van der Waals surface area contributed by atoms with Gasteiger partial charge in [0.2, 0.25) is 0 Å². The van der Waals surface area contributed by atoms with E-state index in [4.69, 9.17) is 21.4 Å². The Morgan fingerprint density at radius 3 is 2.40 bits per heavy atom. The third kappa shape index (κ3) is 4.46. The number of halogens is 1. The van der Waals surface area contributed by atoms with Crippen LogP contribution in [0.15, 0.2) is 24.3 Å². The number of carboxylic acids is 1. The molecule has 0 bridgehead atoms. The summed E-state index contributed by atoms with van der Waals surface area (Å²) in [5.74, 6) is -1.14. The smallest absolute Gasteiger partial charge is 0.311 e. The summed E-state index contributed by atoms with van der Waals surface area (Å²) in [5.41, 5.74) is 0. The molecule has 0 amide bonds. The van der Waals surface area contributed by atoms with Gasteiger partial charge in [-0.1, -0.05) is 11.6 Å². The van der Waals surface area contributed by atoms with E-state index in [0.717, 1.165) is 0 Å². The maximum Gasteiger partial charge on any atom is 0.311 e. The van der Waals surface area contributed by atoms with Gasteiger partial charge in [0.05, 0.1) is 0 Å². The minimum absolute atomic E-state index is 0.242. The Bertz CT molecular complexity index is 358. The van der Waals surface area contributed by atoms with E-state index < -0.39 is 18.2 Å². The molecule has 0 saturated carbocycles. The van der Waals surface area contributed by atoms with Crippen molar-refractivity contribution in [2.24, 2.45) is 0 Å². The summed E-state index contributed by atoms with van der Waals surface area (Å²) >= 11 is 5.64. The lowest BCUT2D eigenvalue weighted by atomic mass is 10.3. The van der Waals surface area contributed by atoms with Crippen molar-refractivity contribution in [3.63, 3.8) is 0 Å². The van der Waals surface area contributed by atoms with Crippen LogP contribution in [0, 0.1) is 0 Å². The van der Waals surface area contributed by atoms with Crippen LogP contribution in [0.2, 0.25) is 5.02 Å². The minimum atomic E-state index is -1.15. The Morgan fingerprint density at radius 1 is 1.27 bits per heavy atom. The van der Waals surface area contributed by atoms with Crippen molar-refractivity contribution in [3.8, 4) is 5.75 Å². The number of carboxylic acid groups (broad SMARTS) is 1. The number of ketones is 1. The third-order valence-electron chi connectivity index (χ3n) is 1.56. The van der Waals surface area contributed by atoms with Crippen LogP contribution < -0.4 is 4.74 Å². The van der Waals surface area contributed by atoms with Crippen molar-refractivity contribution < 1.29 is 19.4 Å². The van der Waals surface area contributed by atoms with Crippen LogP contribution in [0.25, 0.3) is 0 Å². The Morgan fingerprint density at radius 2 is 1.87 bits per heavy atom. The van der Waals surface area contributed by atoms with Crippen LogP contribution in [-0.2, 0) is 9.59 Å². The largest absolute Gasteiger partial charge is 0.486 e. The predicted octanol–water partition coefficient (Wildman–Crippen LogP) is 1.76. The molecule has 15 heavy (non-hydrogen) atoms. The van der Waals surface area contributed by atoms with Gasteiger partial charge in [-0.25, -0.2) is 0 Å². The number of carbonyl (C=O) groups is 2. The van der Waals surface area contributed by atoms with Gasteiger partial charge in [0.25, 0.3) is 0 Å². The minimum Gasteiger partial charge on any atom is -0.486 e. The SMILES string of the molecule is O=C(O)CC(=O)COc1ccc(Cl)cc1. The second-order valence-electron chi connectivity index (χ2n) is 2.85. The van der Waals surface area contributed by atoms with E-state index in [2.05, 4.69) is 0 Å². The maximum absolute atomic E-state index is 11.0. The number of rotatable bonds is 5. The normalized spacial score (nSPS) is 9.67. The number of aliphatic carboxylic acids is 1.